The molecule has 162 valence electrons. The van der Waals surface area contributed by atoms with Gasteiger partial charge in [-0.05, 0) is 52.6 Å². The number of nitrogens with one attached hydrogen (secondary N) is 2. The van der Waals surface area contributed by atoms with Crippen LogP contribution >= 0.6 is 0 Å². The normalized spacial score (nSPS) is 17.7. The SMILES string of the molecule is COC(=O)[C@H](CC(C)C)NC(=O)CN1CCCN(CC(=O)NC(C)(C)C)CC1. The lowest BCUT2D eigenvalue weighted by molar-refractivity contribution is -0.145. The number of ether oxygens (including phenoxy) is 1. The van der Waals surface area contributed by atoms with E-state index in [0.29, 0.717) is 19.5 Å². The third kappa shape index (κ3) is 10.0. The van der Waals surface area contributed by atoms with Crippen LogP contribution in [0.3, 0.4) is 0 Å². The number of nitrogens with zero attached hydrogens (tertiary/aromatic N) is 2. The van der Waals surface area contributed by atoms with Crippen LogP contribution in [0.15, 0.2) is 0 Å². The third-order valence-corrected chi connectivity index (χ3v) is 4.46. The summed E-state index contributed by atoms with van der Waals surface area (Å²) in [5.41, 5.74) is -0.237. The van der Waals surface area contributed by atoms with Crippen LogP contribution in [0.1, 0.15) is 47.5 Å². The molecule has 0 unspecified atom stereocenters. The molecule has 2 N–H and O–H groups in total. The average molecular weight is 399 g/mol. The summed E-state index contributed by atoms with van der Waals surface area (Å²) in [5, 5.41) is 5.78. The Morgan fingerprint density at radius 1 is 0.964 bits per heavy atom. The van der Waals surface area contributed by atoms with Crippen molar-refractivity contribution in [3.63, 3.8) is 0 Å². The molecule has 0 radical (unpaired) electrons. The molecule has 1 fully saturated rings. The summed E-state index contributed by atoms with van der Waals surface area (Å²) in [6, 6.07) is -0.609. The minimum absolute atomic E-state index is 0.0216. The molecule has 8 heteroatoms. The summed E-state index contributed by atoms with van der Waals surface area (Å²) in [6.45, 7) is 13.6. The molecular formula is C20H38N4O4. The van der Waals surface area contributed by atoms with Crippen molar-refractivity contribution in [2.45, 2.75) is 59.0 Å². The van der Waals surface area contributed by atoms with E-state index in [0.717, 1.165) is 26.1 Å². The molecule has 0 aromatic rings. The summed E-state index contributed by atoms with van der Waals surface area (Å²) in [7, 11) is 1.33. The van der Waals surface area contributed by atoms with Gasteiger partial charge < -0.3 is 15.4 Å². The number of hydrogen-bond donors (Lipinski definition) is 2. The van der Waals surface area contributed by atoms with E-state index in [-0.39, 0.29) is 29.8 Å². The van der Waals surface area contributed by atoms with Gasteiger partial charge in [0.2, 0.25) is 11.8 Å². The van der Waals surface area contributed by atoms with Crippen LogP contribution in [-0.2, 0) is 19.1 Å². The number of rotatable bonds is 8. The quantitative estimate of drug-likeness (QED) is 0.582. The molecule has 0 saturated carbocycles. The second-order valence-corrected chi connectivity index (χ2v) is 8.98. The maximum Gasteiger partial charge on any atom is 0.328 e. The number of carbonyl (C=O) groups is 3. The van der Waals surface area contributed by atoms with Crippen molar-refractivity contribution in [2.24, 2.45) is 5.92 Å². The van der Waals surface area contributed by atoms with E-state index in [9.17, 15) is 14.4 Å². The van der Waals surface area contributed by atoms with Gasteiger partial charge in [0.15, 0.2) is 0 Å². The van der Waals surface area contributed by atoms with Crippen molar-refractivity contribution in [2.75, 3.05) is 46.4 Å². The second-order valence-electron chi connectivity index (χ2n) is 8.98. The fourth-order valence-corrected chi connectivity index (χ4v) is 3.27. The molecule has 0 bridgehead atoms. The third-order valence-electron chi connectivity index (χ3n) is 4.46. The van der Waals surface area contributed by atoms with Gasteiger partial charge in [0.1, 0.15) is 6.04 Å². The molecular weight excluding hydrogens is 360 g/mol. The molecule has 1 atom stereocenters. The fourth-order valence-electron chi connectivity index (χ4n) is 3.27. The Balaban J connectivity index is 2.48. The van der Waals surface area contributed by atoms with E-state index in [2.05, 4.69) is 20.4 Å². The van der Waals surface area contributed by atoms with Gasteiger partial charge >= 0.3 is 5.97 Å². The number of esters is 1. The van der Waals surface area contributed by atoms with E-state index < -0.39 is 12.0 Å². The van der Waals surface area contributed by atoms with Gasteiger partial charge in [-0.1, -0.05) is 13.8 Å². The fraction of sp³-hybridized carbons (Fsp3) is 0.850. The zero-order chi connectivity index (χ0) is 21.3. The first-order valence-electron chi connectivity index (χ1n) is 10.1. The van der Waals surface area contributed by atoms with Gasteiger partial charge in [0.05, 0.1) is 20.2 Å². The van der Waals surface area contributed by atoms with Crippen molar-refractivity contribution in [1.29, 1.82) is 0 Å². The Kier molecular flexibility index (Phi) is 9.89. The van der Waals surface area contributed by atoms with Crippen molar-refractivity contribution < 1.29 is 19.1 Å². The van der Waals surface area contributed by atoms with Crippen LogP contribution in [0.4, 0.5) is 0 Å². The summed E-state index contributed by atoms with van der Waals surface area (Å²) < 4.78 is 4.80. The minimum atomic E-state index is -0.609. The van der Waals surface area contributed by atoms with Crippen LogP contribution in [0.2, 0.25) is 0 Å². The maximum atomic E-state index is 12.4. The molecule has 1 saturated heterocycles. The zero-order valence-electron chi connectivity index (χ0n) is 18.3. The molecule has 28 heavy (non-hydrogen) atoms. The summed E-state index contributed by atoms with van der Waals surface area (Å²) in [4.78, 5) is 40.6. The predicted octanol–water partition coefficient (Wildman–Crippen LogP) is 0.613. The van der Waals surface area contributed by atoms with Crippen LogP contribution in [0.5, 0.6) is 0 Å². The molecule has 2 amide bonds. The molecule has 1 rings (SSSR count). The highest BCUT2D eigenvalue weighted by Gasteiger charge is 2.25. The van der Waals surface area contributed by atoms with Crippen molar-refractivity contribution in [1.82, 2.24) is 20.4 Å². The Morgan fingerprint density at radius 3 is 1.96 bits per heavy atom. The number of amides is 2. The highest BCUT2D eigenvalue weighted by molar-refractivity contribution is 5.85. The molecule has 1 aliphatic heterocycles. The molecule has 0 spiro atoms. The summed E-state index contributed by atoms with van der Waals surface area (Å²) in [5.74, 6) is -0.285. The first-order valence-corrected chi connectivity index (χ1v) is 10.1. The minimum Gasteiger partial charge on any atom is -0.467 e. The van der Waals surface area contributed by atoms with E-state index in [1.54, 1.807) is 0 Å². The van der Waals surface area contributed by atoms with E-state index >= 15 is 0 Å². The standard InChI is InChI=1S/C20H38N4O4/c1-15(2)12-16(19(27)28-6)21-17(25)13-23-8-7-9-24(11-10-23)14-18(26)22-20(3,4)5/h15-16H,7-14H2,1-6H3,(H,21,25)(H,22,26)/t16-/m0/s1. The molecule has 0 aliphatic carbocycles. The Morgan fingerprint density at radius 2 is 1.50 bits per heavy atom. The number of methoxy groups -OCH3 is 1. The van der Waals surface area contributed by atoms with Crippen LogP contribution in [0.25, 0.3) is 0 Å². The number of carbonyl (C=O) groups excluding carboxylic acids is 3. The average Bonchev–Trinajstić information content (AvgIpc) is 2.76. The van der Waals surface area contributed by atoms with Gasteiger partial charge in [-0.2, -0.15) is 0 Å². The van der Waals surface area contributed by atoms with Crippen molar-refractivity contribution >= 4 is 17.8 Å². The van der Waals surface area contributed by atoms with E-state index in [1.807, 2.05) is 34.6 Å². The highest BCUT2D eigenvalue weighted by Crippen LogP contribution is 2.07. The number of hydrogen-bond acceptors (Lipinski definition) is 6. The summed E-state index contributed by atoms with van der Waals surface area (Å²) in [6.07, 6.45) is 1.44. The lowest BCUT2D eigenvalue weighted by atomic mass is 10.0. The van der Waals surface area contributed by atoms with Crippen LogP contribution in [0, 0.1) is 5.92 Å². The van der Waals surface area contributed by atoms with Gasteiger partial charge in [-0.3, -0.25) is 19.4 Å². The smallest absolute Gasteiger partial charge is 0.328 e. The van der Waals surface area contributed by atoms with Gasteiger partial charge in [0, 0.05) is 18.6 Å². The van der Waals surface area contributed by atoms with Crippen LogP contribution in [-0.4, -0.2) is 85.5 Å². The lowest BCUT2D eigenvalue weighted by Gasteiger charge is -2.25. The van der Waals surface area contributed by atoms with Gasteiger partial charge in [-0.25, -0.2) is 4.79 Å². The first kappa shape index (κ1) is 24.4. The molecule has 1 heterocycles. The van der Waals surface area contributed by atoms with Crippen molar-refractivity contribution in [3.8, 4) is 0 Å². The van der Waals surface area contributed by atoms with E-state index in [4.69, 9.17) is 4.74 Å². The second kappa shape index (κ2) is 11.4. The molecule has 8 nitrogen and oxygen atoms in total. The molecule has 0 aromatic carbocycles. The maximum absolute atomic E-state index is 12.4. The first-order chi connectivity index (χ1) is 13.0. The van der Waals surface area contributed by atoms with Gasteiger partial charge in [-0.15, -0.1) is 0 Å². The van der Waals surface area contributed by atoms with Crippen molar-refractivity contribution in [3.05, 3.63) is 0 Å². The molecule has 1 aliphatic rings. The lowest BCUT2D eigenvalue weighted by Crippen LogP contribution is -2.48. The van der Waals surface area contributed by atoms with E-state index in [1.165, 1.54) is 7.11 Å². The Labute approximate surface area is 169 Å². The topological polar surface area (TPSA) is 91.0 Å². The Hall–Kier alpha value is -1.67. The highest BCUT2D eigenvalue weighted by atomic mass is 16.5. The van der Waals surface area contributed by atoms with Crippen LogP contribution < -0.4 is 10.6 Å². The zero-order valence-corrected chi connectivity index (χ0v) is 18.3. The van der Waals surface area contributed by atoms with Gasteiger partial charge in [0.25, 0.3) is 0 Å². The predicted molar refractivity (Wildman–Crippen MR) is 109 cm³/mol. The monoisotopic (exact) mass is 398 g/mol. The largest absolute Gasteiger partial charge is 0.467 e. The summed E-state index contributed by atoms with van der Waals surface area (Å²) >= 11 is 0. The Bertz CT molecular complexity index is 531. The molecule has 0 aromatic heterocycles.